The molecule has 0 atom stereocenters. The van der Waals surface area contributed by atoms with Crippen LogP contribution >= 0.6 is 0 Å². The number of amides is 1. The highest BCUT2D eigenvalue weighted by Gasteiger charge is 1.99. The third-order valence-electron chi connectivity index (χ3n) is 3.33. The molecular weight excluding hydrogens is 290 g/mol. The fraction of sp³-hybridized carbons (Fsp3) is 0.105. The number of nitrogens with one attached hydrogen (secondary N) is 1. The van der Waals surface area contributed by atoms with Gasteiger partial charge in [-0.05, 0) is 41.1 Å². The number of furan rings is 1. The standard InChI is InChI=1S/C19H17NO3/c21-19(10-9-17-6-3-12-22-17)20-11-13-23-18-8-7-15-4-1-2-5-16(15)14-18/h1-10,12,14H,11,13H2,(H,20,21)/b10-9+. The van der Waals surface area contributed by atoms with Crippen molar-refractivity contribution in [2.45, 2.75) is 0 Å². The Morgan fingerprint density at radius 1 is 1.09 bits per heavy atom. The van der Waals surface area contributed by atoms with Crippen molar-refractivity contribution in [3.8, 4) is 5.75 Å². The van der Waals surface area contributed by atoms with Crippen molar-refractivity contribution in [1.82, 2.24) is 5.32 Å². The van der Waals surface area contributed by atoms with Gasteiger partial charge in [0.2, 0.25) is 5.91 Å². The SMILES string of the molecule is O=C(/C=C/c1ccco1)NCCOc1ccc2ccccc2c1. The van der Waals surface area contributed by atoms with Gasteiger partial charge in [0.05, 0.1) is 12.8 Å². The summed E-state index contributed by atoms with van der Waals surface area (Å²) in [5.41, 5.74) is 0. The quantitative estimate of drug-likeness (QED) is 0.559. The number of carbonyl (C=O) groups excluding carboxylic acids is 1. The fourth-order valence-electron chi connectivity index (χ4n) is 2.20. The van der Waals surface area contributed by atoms with Crippen LogP contribution in [-0.4, -0.2) is 19.1 Å². The van der Waals surface area contributed by atoms with Crippen molar-refractivity contribution in [1.29, 1.82) is 0 Å². The van der Waals surface area contributed by atoms with Gasteiger partial charge in [0.15, 0.2) is 0 Å². The summed E-state index contributed by atoms with van der Waals surface area (Å²) in [5.74, 6) is 1.26. The summed E-state index contributed by atoms with van der Waals surface area (Å²) in [5, 5.41) is 5.07. The average molecular weight is 307 g/mol. The maximum absolute atomic E-state index is 11.6. The molecule has 3 rings (SSSR count). The highest BCUT2D eigenvalue weighted by atomic mass is 16.5. The van der Waals surface area contributed by atoms with E-state index in [-0.39, 0.29) is 5.91 Å². The molecule has 3 aromatic rings. The molecule has 0 spiro atoms. The van der Waals surface area contributed by atoms with Gasteiger partial charge in [-0.25, -0.2) is 0 Å². The molecule has 0 radical (unpaired) electrons. The van der Waals surface area contributed by atoms with Crippen LogP contribution in [0.3, 0.4) is 0 Å². The monoisotopic (exact) mass is 307 g/mol. The summed E-state index contributed by atoms with van der Waals surface area (Å²) in [4.78, 5) is 11.6. The highest BCUT2D eigenvalue weighted by molar-refractivity contribution is 5.91. The third kappa shape index (κ3) is 4.23. The lowest BCUT2D eigenvalue weighted by Crippen LogP contribution is -2.26. The Bertz CT molecular complexity index is 806. The van der Waals surface area contributed by atoms with Gasteiger partial charge in [-0.15, -0.1) is 0 Å². The smallest absolute Gasteiger partial charge is 0.244 e. The van der Waals surface area contributed by atoms with Crippen molar-refractivity contribution < 1.29 is 13.9 Å². The largest absolute Gasteiger partial charge is 0.492 e. The van der Waals surface area contributed by atoms with Gasteiger partial charge in [0, 0.05) is 6.08 Å². The number of fused-ring (bicyclic) bond motifs is 1. The normalized spacial score (nSPS) is 11.0. The van der Waals surface area contributed by atoms with Crippen LogP contribution in [0.2, 0.25) is 0 Å². The topological polar surface area (TPSA) is 51.5 Å². The molecule has 1 amide bonds. The Hall–Kier alpha value is -3.01. The van der Waals surface area contributed by atoms with Crippen molar-refractivity contribution in [3.05, 3.63) is 72.7 Å². The summed E-state index contributed by atoms with van der Waals surface area (Å²) in [6.45, 7) is 0.854. The first-order valence-corrected chi connectivity index (χ1v) is 7.42. The zero-order valence-electron chi connectivity index (χ0n) is 12.6. The molecule has 4 heteroatoms. The second-order valence-electron chi connectivity index (χ2n) is 5.00. The molecule has 116 valence electrons. The number of carbonyl (C=O) groups is 1. The summed E-state index contributed by atoms with van der Waals surface area (Å²) in [6.07, 6.45) is 4.63. The van der Waals surface area contributed by atoms with Crippen molar-refractivity contribution in [2.24, 2.45) is 0 Å². The minimum Gasteiger partial charge on any atom is -0.492 e. The molecule has 0 saturated heterocycles. The molecule has 0 unspecified atom stereocenters. The van der Waals surface area contributed by atoms with Gasteiger partial charge < -0.3 is 14.5 Å². The predicted molar refractivity (Wildman–Crippen MR) is 90.2 cm³/mol. The molecule has 1 heterocycles. The van der Waals surface area contributed by atoms with E-state index in [1.165, 1.54) is 11.5 Å². The number of ether oxygens (including phenoxy) is 1. The molecule has 1 N–H and O–H groups in total. The molecule has 4 nitrogen and oxygen atoms in total. The number of hydrogen-bond donors (Lipinski definition) is 1. The lowest BCUT2D eigenvalue weighted by molar-refractivity contribution is -0.116. The zero-order valence-corrected chi connectivity index (χ0v) is 12.6. The van der Waals surface area contributed by atoms with E-state index in [4.69, 9.17) is 9.15 Å². The predicted octanol–water partition coefficient (Wildman–Crippen LogP) is 3.64. The first kappa shape index (κ1) is 14.9. The average Bonchev–Trinajstić information content (AvgIpc) is 3.10. The summed E-state index contributed by atoms with van der Waals surface area (Å²) in [6, 6.07) is 17.6. The van der Waals surface area contributed by atoms with E-state index in [0.717, 1.165) is 11.1 Å². The second-order valence-corrected chi connectivity index (χ2v) is 5.00. The minimum absolute atomic E-state index is 0.177. The second kappa shape index (κ2) is 7.31. The van der Waals surface area contributed by atoms with Crippen LogP contribution < -0.4 is 10.1 Å². The first-order valence-electron chi connectivity index (χ1n) is 7.42. The molecule has 0 bridgehead atoms. The molecule has 2 aromatic carbocycles. The van der Waals surface area contributed by atoms with Gasteiger partial charge in [0.1, 0.15) is 18.1 Å². The van der Waals surface area contributed by atoms with Gasteiger partial charge in [-0.2, -0.15) is 0 Å². The van der Waals surface area contributed by atoms with Gasteiger partial charge in [0.25, 0.3) is 0 Å². The van der Waals surface area contributed by atoms with E-state index in [1.807, 2.05) is 36.4 Å². The van der Waals surface area contributed by atoms with Gasteiger partial charge in [-0.3, -0.25) is 4.79 Å². The Morgan fingerprint density at radius 3 is 2.78 bits per heavy atom. The van der Waals surface area contributed by atoms with Crippen LogP contribution in [-0.2, 0) is 4.79 Å². The number of rotatable bonds is 6. The molecule has 0 aliphatic carbocycles. The molecule has 1 aromatic heterocycles. The van der Waals surface area contributed by atoms with Gasteiger partial charge >= 0.3 is 0 Å². The summed E-state index contributed by atoms with van der Waals surface area (Å²) >= 11 is 0. The molecular formula is C19H17NO3. The van der Waals surface area contributed by atoms with Gasteiger partial charge in [-0.1, -0.05) is 30.3 Å². The zero-order chi connectivity index (χ0) is 15.9. The van der Waals surface area contributed by atoms with E-state index in [9.17, 15) is 4.79 Å². The Morgan fingerprint density at radius 2 is 1.96 bits per heavy atom. The lowest BCUT2D eigenvalue weighted by Gasteiger charge is -2.07. The number of hydrogen-bond acceptors (Lipinski definition) is 3. The molecule has 0 aliphatic rings. The molecule has 0 fully saturated rings. The molecule has 23 heavy (non-hydrogen) atoms. The van der Waals surface area contributed by atoms with Crippen LogP contribution in [0, 0.1) is 0 Å². The van der Waals surface area contributed by atoms with Crippen LogP contribution in [0.25, 0.3) is 16.8 Å². The van der Waals surface area contributed by atoms with E-state index >= 15 is 0 Å². The maximum Gasteiger partial charge on any atom is 0.244 e. The third-order valence-corrected chi connectivity index (χ3v) is 3.33. The Kier molecular flexibility index (Phi) is 4.74. The van der Waals surface area contributed by atoms with E-state index < -0.39 is 0 Å². The van der Waals surface area contributed by atoms with E-state index in [2.05, 4.69) is 11.4 Å². The summed E-state index contributed by atoms with van der Waals surface area (Å²) < 4.78 is 10.8. The van der Waals surface area contributed by atoms with Crippen LogP contribution in [0.5, 0.6) is 5.75 Å². The fourth-order valence-corrected chi connectivity index (χ4v) is 2.20. The Balaban J connectivity index is 1.44. The minimum atomic E-state index is -0.177. The van der Waals surface area contributed by atoms with Crippen LogP contribution in [0.1, 0.15) is 5.76 Å². The first-order chi connectivity index (χ1) is 11.3. The van der Waals surface area contributed by atoms with E-state index in [0.29, 0.717) is 18.9 Å². The van der Waals surface area contributed by atoms with Crippen molar-refractivity contribution >= 4 is 22.8 Å². The van der Waals surface area contributed by atoms with Crippen molar-refractivity contribution in [2.75, 3.05) is 13.2 Å². The molecule has 0 saturated carbocycles. The maximum atomic E-state index is 11.6. The Labute approximate surface area is 134 Å². The summed E-state index contributed by atoms with van der Waals surface area (Å²) in [7, 11) is 0. The molecule has 0 aliphatic heterocycles. The van der Waals surface area contributed by atoms with Crippen LogP contribution in [0.4, 0.5) is 0 Å². The highest BCUT2D eigenvalue weighted by Crippen LogP contribution is 2.20. The number of benzene rings is 2. The van der Waals surface area contributed by atoms with Crippen LogP contribution in [0.15, 0.2) is 71.4 Å². The van der Waals surface area contributed by atoms with Crippen molar-refractivity contribution in [3.63, 3.8) is 0 Å². The van der Waals surface area contributed by atoms with E-state index in [1.54, 1.807) is 24.5 Å². The lowest BCUT2D eigenvalue weighted by atomic mass is 10.1.